The molecule has 0 atom stereocenters. The zero-order chi connectivity index (χ0) is 14.9. The highest BCUT2D eigenvalue weighted by Gasteiger charge is 2.19. The molecule has 4 rings (SSSR count). The van der Waals surface area contributed by atoms with Gasteiger partial charge in [0.15, 0.2) is 5.65 Å². The van der Waals surface area contributed by atoms with E-state index in [0.29, 0.717) is 12.0 Å². The van der Waals surface area contributed by atoms with E-state index >= 15 is 0 Å². The normalized spacial score (nSPS) is 14.8. The number of nitrogens with zero attached hydrogens (tertiary/aromatic N) is 3. The zero-order valence-corrected chi connectivity index (χ0v) is 12.4. The van der Waals surface area contributed by atoms with Crippen molar-refractivity contribution >= 4 is 28.5 Å². The Balaban J connectivity index is 1.66. The number of hydrogen-bond donors (Lipinski definition) is 3. The summed E-state index contributed by atoms with van der Waals surface area (Å²) in [5.74, 6) is 1.42. The molecule has 0 radical (unpaired) electrons. The van der Waals surface area contributed by atoms with Crippen LogP contribution in [0.5, 0.6) is 0 Å². The number of hydrogen-bond acceptors (Lipinski definition) is 5. The lowest BCUT2D eigenvalue weighted by Gasteiger charge is -2.27. The molecular weight excluding hydrogens is 276 g/mol. The van der Waals surface area contributed by atoms with E-state index in [9.17, 15) is 0 Å². The lowest BCUT2D eigenvalue weighted by Crippen LogP contribution is -2.27. The first-order chi connectivity index (χ1) is 10.8. The van der Waals surface area contributed by atoms with E-state index in [2.05, 4.69) is 49.9 Å². The van der Waals surface area contributed by atoms with Crippen LogP contribution in [-0.4, -0.2) is 26.2 Å². The molecule has 22 heavy (non-hydrogen) atoms. The van der Waals surface area contributed by atoms with Crippen LogP contribution in [0.2, 0.25) is 0 Å². The molecule has 1 aliphatic carbocycles. The molecule has 1 saturated carbocycles. The Morgan fingerprint density at radius 2 is 1.95 bits per heavy atom. The minimum atomic E-state index is 0.514. The average Bonchev–Trinajstić information content (AvgIpc) is 2.93. The molecule has 1 aliphatic rings. The first kappa shape index (κ1) is 13.1. The summed E-state index contributed by atoms with van der Waals surface area (Å²) in [5.41, 5.74) is 2.94. The van der Waals surface area contributed by atoms with Gasteiger partial charge >= 0.3 is 0 Å². The van der Waals surface area contributed by atoms with Gasteiger partial charge in [0.25, 0.3) is 0 Å². The second-order valence-corrected chi connectivity index (χ2v) is 5.79. The van der Waals surface area contributed by atoms with Crippen molar-refractivity contribution in [2.45, 2.75) is 32.2 Å². The molecule has 2 aromatic heterocycles. The minimum Gasteiger partial charge on any atom is -0.367 e. The van der Waals surface area contributed by atoms with Gasteiger partial charge in [-0.1, -0.05) is 17.7 Å². The van der Waals surface area contributed by atoms with E-state index in [4.69, 9.17) is 0 Å². The van der Waals surface area contributed by atoms with Gasteiger partial charge in [-0.05, 0) is 38.3 Å². The van der Waals surface area contributed by atoms with E-state index in [-0.39, 0.29) is 0 Å². The summed E-state index contributed by atoms with van der Waals surface area (Å²) in [6, 6.07) is 8.68. The third kappa shape index (κ3) is 2.47. The summed E-state index contributed by atoms with van der Waals surface area (Å²) in [4.78, 5) is 9.10. The minimum absolute atomic E-state index is 0.514. The fraction of sp³-hybridized carbons (Fsp3) is 0.312. The summed E-state index contributed by atoms with van der Waals surface area (Å²) >= 11 is 0. The Morgan fingerprint density at radius 3 is 2.68 bits per heavy atom. The van der Waals surface area contributed by atoms with Crippen molar-refractivity contribution in [3.63, 3.8) is 0 Å². The number of anilines is 3. The Hall–Kier alpha value is -2.63. The van der Waals surface area contributed by atoms with Crippen molar-refractivity contribution in [2.24, 2.45) is 0 Å². The fourth-order valence-corrected chi connectivity index (χ4v) is 2.51. The van der Waals surface area contributed by atoms with Crippen LogP contribution in [0.15, 0.2) is 30.5 Å². The van der Waals surface area contributed by atoms with Gasteiger partial charge in [-0.3, -0.25) is 5.10 Å². The first-order valence-electron chi connectivity index (χ1n) is 7.59. The Bertz CT molecular complexity index is 788. The van der Waals surface area contributed by atoms with Crippen LogP contribution >= 0.6 is 0 Å². The average molecular weight is 294 g/mol. The van der Waals surface area contributed by atoms with Crippen LogP contribution in [0.1, 0.15) is 24.8 Å². The number of aromatic amines is 1. The lowest BCUT2D eigenvalue weighted by atomic mass is 9.93. The highest BCUT2D eigenvalue weighted by molar-refractivity contribution is 5.87. The molecule has 0 saturated heterocycles. The molecule has 0 aliphatic heterocycles. The molecule has 2 heterocycles. The predicted molar refractivity (Wildman–Crippen MR) is 87.4 cm³/mol. The summed E-state index contributed by atoms with van der Waals surface area (Å²) in [7, 11) is 0. The number of benzene rings is 1. The Kier molecular flexibility index (Phi) is 3.14. The zero-order valence-electron chi connectivity index (χ0n) is 12.4. The van der Waals surface area contributed by atoms with Gasteiger partial charge in [0.1, 0.15) is 5.82 Å². The van der Waals surface area contributed by atoms with E-state index < -0.39 is 0 Å². The molecule has 112 valence electrons. The van der Waals surface area contributed by atoms with Gasteiger partial charge in [-0.2, -0.15) is 15.1 Å². The van der Waals surface area contributed by atoms with E-state index in [1.54, 1.807) is 6.20 Å². The van der Waals surface area contributed by atoms with E-state index in [1.165, 1.54) is 24.8 Å². The van der Waals surface area contributed by atoms with Crippen molar-refractivity contribution in [2.75, 3.05) is 10.6 Å². The quantitative estimate of drug-likeness (QED) is 0.687. The molecule has 6 nitrogen and oxygen atoms in total. The summed E-state index contributed by atoms with van der Waals surface area (Å²) in [5, 5.41) is 14.7. The van der Waals surface area contributed by atoms with Crippen LogP contribution in [-0.2, 0) is 0 Å². The van der Waals surface area contributed by atoms with Gasteiger partial charge in [-0.15, -0.1) is 0 Å². The monoisotopic (exact) mass is 294 g/mol. The van der Waals surface area contributed by atoms with Gasteiger partial charge < -0.3 is 10.6 Å². The number of nitrogens with one attached hydrogen (secondary N) is 3. The maximum atomic E-state index is 4.62. The summed E-state index contributed by atoms with van der Waals surface area (Å²) in [6.07, 6.45) is 5.45. The van der Waals surface area contributed by atoms with Crippen molar-refractivity contribution in [1.82, 2.24) is 20.2 Å². The fourth-order valence-electron chi connectivity index (χ4n) is 2.51. The summed E-state index contributed by atoms with van der Waals surface area (Å²) in [6.45, 7) is 2.07. The second-order valence-electron chi connectivity index (χ2n) is 5.79. The molecular formula is C16H18N6. The molecule has 0 amide bonds. The lowest BCUT2D eigenvalue weighted by molar-refractivity contribution is 0.445. The van der Waals surface area contributed by atoms with Gasteiger partial charge in [-0.25, -0.2) is 0 Å². The largest absolute Gasteiger partial charge is 0.367 e. The number of rotatable bonds is 4. The van der Waals surface area contributed by atoms with Crippen molar-refractivity contribution < 1.29 is 0 Å². The molecule has 3 N–H and O–H groups in total. The molecule has 1 aromatic carbocycles. The molecule has 0 unspecified atom stereocenters. The molecule has 6 heteroatoms. The SMILES string of the molecule is Cc1ccc(Nc2nc(NC3CCC3)c3cn[nH]c3n2)cc1. The molecule has 0 spiro atoms. The van der Waals surface area contributed by atoms with E-state index in [1.807, 2.05) is 12.1 Å². The molecule has 0 bridgehead atoms. The highest BCUT2D eigenvalue weighted by Crippen LogP contribution is 2.27. The second kappa shape index (κ2) is 5.29. The number of H-pyrrole nitrogens is 1. The highest BCUT2D eigenvalue weighted by atomic mass is 15.2. The topological polar surface area (TPSA) is 78.5 Å². The Labute approximate surface area is 128 Å². The number of aryl methyl sites for hydroxylation is 1. The van der Waals surface area contributed by atoms with Crippen molar-refractivity contribution in [1.29, 1.82) is 0 Å². The van der Waals surface area contributed by atoms with Crippen LogP contribution in [0.3, 0.4) is 0 Å². The van der Waals surface area contributed by atoms with Crippen molar-refractivity contribution in [3.8, 4) is 0 Å². The first-order valence-corrected chi connectivity index (χ1v) is 7.59. The summed E-state index contributed by atoms with van der Waals surface area (Å²) < 4.78 is 0. The van der Waals surface area contributed by atoms with Crippen LogP contribution in [0.4, 0.5) is 17.5 Å². The van der Waals surface area contributed by atoms with E-state index in [0.717, 1.165) is 22.5 Å². The molecule has 1 fully saturated rings. The maximum absolute atomic E-state index is 4.62. The predicted octanol–water partition coefficient (Wildman–Crippen LogP) is 3.37. The third-order valence-corrected chi connectivity index (χ3v) is 4.06. The van der Waals surface area contributed by atoms with Gasteiger partial charge in [0, 0.05) is 11.7 Å². The smallest absolute Gasteiger partial charge is 0.231 e. The standard InChI is InChI=1S/C16H18N6/c1-10-5-7-12(8-6-10)19-16-20-14(18-11-3-2-4-11)13-9-17-22-15(13)21-16/h5-9,11H,2-4H2,1H3,(H3,17,18,19,20,21,22). The Morgan fingerprint density at radius 1 is 1.14 bits per heavy atom. The number of aromatic nitrogens is 4. The van der Waals surface area contributed by atoms with Crippen molar-refractivity contribution in [3.05, 3.63) is 36.0 Å². The van der Waals surface area contributed by atoms with Crippen LogP contribution in [0.25, 0.3) is 11.0 Å². The van der Waals surface area contributed by atoms with Gasteiger partial charge in [0.2, 0.25) is 5.95 Å². The number of fused-ring (bicyclic) bond motifs is 1. The maximum Gasteiger partial charge on any atom is 0.231 e. The van der Waals surface area contributed by atoms with Crippen LogP contribution < -0.4 is 10.6 Å². The molecule has 3 aromatic rings. The van der Waals surface area contributed by atoms with Crippen LogP contribution in [0, 0.1) is 6.92 Å². The third-order valence-electron chi connectivity index (χ3n) is 4.06. The van der Waals surface area contributed by atoms with Gasteiger partial charge in [0.05, 0.1) is 11.6 Å².